The number of rotatable bonds is 12. The van der Waals surface area contributed by atoms with Crippen molar-refractivity contribution in [2.24, 2.45) is 5.11 Å². The van der Waals surface area contributed by atoms with Crippen LogP contribution in [0.2, 0.25) is 0 Å². The Morgan fingerprint density at radius 1 is 1.24 bits per heavy atom. The van der Waals surface area contributed by atoms with Crippen LogP contribution in [0, 0.1) is 0 Å². The molecule has 238 valence electrons. The number of imidazole rings is 1. The lowest BCUT2D eigenvalue weighted by Crippen LogP contribution is -2.48. The number of aromatic nitrogens is 4. The normalized spacial score (nSPS) is 22.4. The third kappa shape index (κ3) is 6.38. The lowest BCUT2D eigenvalue weighted by atomic mass is 10.1. The summed E-state index contributed by atoms with van der Waals surface area (Å²) in [5, 5.41) is 26.7. The van der Waals surface area contributed by atoms with Gasteiger partial charge in [0.05, 0.1) is 26.1 Å². The standard InChI is InChI=1S/C25H28N9O10P/c1-2-41-24(37)17(10-34(45(38,39)40)44-16-9-5-7-14-6-3-4-8-15(14)16)42-11-25(31-32-27)20(36)19(35)23(43-25)33-13-30-18-21(26)28-12-29-22(18)33/h3-9,12-13,17,19-20,23,35-36H,2,10-11H2,1H3,(H2,26,28,29)(H2,38,39,40)/t17-,19+,20-,23+,25+/m0/s1. The van der Waals surface area contributed by atoms with Crippen LogP contribution < -0.4 is 10.6 Å². The molecule has 20 heteroatoms. The summed E-state index contributed by atoms with van der Waals surface area (Å²) in [6.45, 7) is -0.398. The highest BCUT2D eigenvalue weighted by Gasteiger charge is 2.56. The molecule has 0 spiro atoms. The highest BCUT2D eigenvalue weighted by atomic mass is 31.2. The van der Waals surface area contributed by atoms with E-state index >= 15 is 0 Å². The number of aliphatic hydroxyl groups excluding tert-OH is 2. The van der Waals surface area contributed by atoms with Crippen molar-refractivity contribution in [1.82, 2.24) is 24.4 Å². The van der Waals surface area contributed by atoms with Gasteiger partial charge in [0, 0.05) is 10.3 Å². The minimum absolute atomic E-state index is 0.0361. The van der Waals surface area contributed by atoms with E-state index in [-0.39, 0.29) is 34.2 Å². The number of nitrogen functional groups attached to an aromatic ring is 1. The molecule has 1 aliphatic heterocycles. The van der Waals surface area contributed by atoms with Gasteiger partial charge < -0.3 is 44.8 Å². The number of anilines is 1. The molecule has 0 aliphatic carbocycles. The molecule has 19 nitrogen and oxygen atoms in total. The summed E-state index contributed by atoms with van der Waals surface area (Å²) < 4.78 is 30.3. The molecule has 4 aromatic rings. The molecule has 45 heavy (non-hydrogen) atoms. The zero-order chi connectivity index (χ0) is 32.4. The van der Waals surface area contributed by atoms with Gasteiger partial charge in [-0.3, -0.25) is 4.57 Å². The summed E-state index contributed by atoms with van der Waals surface area (Å²) >= 11 is 0. The molecule has 2 aromatic heterocycles. The summed E-state index contributed by atoms with van der Waals surface area (Å²) in [5.74, 6) is -0.956. The average Bonchev–Trinajstić information content (AvgIpc) is 3.54. The Balaban J connectivity index is 1.42. The smallest absolute Gasteiger partial charge is 0.435 e. The number of hydroxylamine groups is 1. The van der Waals surface area contributed by atoms with Crippen LogP contribution in [0.15, 0.2) is 60.2 Å². The molecular formula is C25H28N9O10P. The first-order chi connectivity index (χ1) is 21.5. The van der Waals surface area contributed by atoms with Gasteiger partial charge in [-0.2, -0.15) is 0 Å². The van der Waals surface area contributed by atoms with E-state index in [2.05, 4.69) is 25.0 Å². The van der Waals surface area contributed by atoms with E-state index in [0.717, 1.165) is 11.7 Å². The second-order valence-corrected chi connectivity index (χ2v) is 11.2. The number of ether oxygens (including phenoxy) is 3. The second kappa shape index (κ2) is 12.9. The molecule has 0 amide bonds. The van der Waals surface area contributed by atoms with Gasteiger partial charge in [-0.25, -0.2) is 24.3 Å². The maximum absolute atomic E-state index is 12.9. The number of esters is 1. The third-order valence-corrected chi connectivity index (χ3v) is 7.71. The Morgan fingerprint density at radius 3 is 2.73 bits per heavy atom. The Kier molecular flexibility index (Phi) is 9.17. The first-order valence-corrected chi connectivity index (χ1v) is 14.9. The van der Waals surface area contributed by atoms with Gasteiger partial charge in [-0.1, -0.05) is 41.5 Å². The number of carbonyl (C=O) groups excluding carboxylic acids is 1. The number of fused-ring (bicyclic) bond motifs is 2. The first-order valence-electron chi connectivity index (χ1n) is 13.3. The van der Waals surface area contributed by atoms with Crippen molar-refractivity contribution in [2.75, 3.05) is 25.5 Å². The highest BCUT2D eigenvalue weighted by molar-refractivity contribution is 7.48. The minimum atomic E-state index is -5.21. The van der Waals surface area contributed by atoms with Crippen LogP contribution >= 0.6 is 7.75 Å². The minimum Gasteiger partial charge on any atom is -0.464 e. The molecule has 1 saturated heterocycles. The van der Waals surface area contributed by atoms with Crippen molar-refractivity contribution in [3.63, 3.8) is 0 Å². The quantitative estimate of drug-likeness (QED) is 0.0361. The molecule has 0 bridgehead atoms. The van der Waals surface area contributed by atoms with Gasteiger partial charge in [-0.05, 0) is 28.7 Å². The van der Waals surface area contributed by atoms with Crippen molar-refractivity contribution >= 4 is 41.5 Å². The van der Waals surface area contributed by atoms with E-state index in [4.69, 9.17) is 24.8 Å². The van der Waals surface area contributed by atoms with E-state index < -0.39 is 57.1 Å². The third-order valence-electron chi connectivity index (χ3n) is 6.88. The van der Waals surface area contributed by atoms with Gasteiger partial charge in [0.2, 0.25) is 5.72 Å². The molecule has 0 unspecified atom stereocenters. The average molecular weight is 646 g/mol. The zero-order valence-corrected chi connectivity index (χ0v) is 24.4. The lowest BCUT2D eigenvalue weighted by Gasteiger charge is -2.30. The largest absolute Gasteiger partial charge is 0.464 e. The van der Waals surface area contributed by atoms with Gasteiger partial charge in [0.15, 0.2) is 29.5 Å². The molecule has 0 saturated carbocycles. The highest BCUT2D eigenvalue weighted by Crippen LogP contribution is 2.43. The van der Waals surface area contributed by atoms with E-state index in [1.54, 1.807) is 36.4 Å². The van der Waals surface area contributed by atoms with E-state index in [1.165, 1.54) is 23.9 Å². The number of benzene rings is 2. The predicted molar refractivity (Wildman–Crippen MR) is 153 cm³/mol. The fourth-order valence-electron chi connectivity index (χ4n) is 4.73. The van der Waals surface area contributed by atoms with Gasteiger partial charge in [-0.15, -0.1) is 0 Å². The second-order valence-electron chi connectivity index (χ2n) is 9.73. The topological polar surface area (TPSA) is 274 Å². The number of hydrogen-bond donors (Lipinski definition) is 5. The molecule has 0 radical (unpaired) electrons. The summed E-state index contributed by atoms with van der Waals surface area (Å²) in [7, 11) is -5.21. The van der Waals surface area contributed by atoms with Crippen molar-refractivity contribution in [1.29, 1.82) is 0 Å². The number of aliphatic hydroxyl groups is 2. The SMILES string of the molecule is CCOC(=O)[C@H](CN(Oc1cccc2ccccc12)P(=O)(O)O)OC[C@@]1(N=[N+]=[N-])O[C@@H](n2cnc3c(N)ncnc32)[C@H](O)[C@@H]1O. The van der Waals surface area contributed by atoms with E-state index in [0.29, 0.717) is 5.39 Å². The van der Waals surface area contributed by atoms with Crippen molar-refractivity contribution in [2.45, 2.75) is 37.2 Å². The van der Waals surface area contributed by atoms with Gasteiger partial charge >= 0.3 is 13.7 Å². The summed E-state index contributed by atoms with van der Waals surface area (Å²) in [6, 6.07) is 11.8. The molecule has 2 aromatic carbocycles. The summed E-state index contributed by atoms with van der Waals surface area (Å²) in [4.78, 5) is 53.7. The van der Waals surface area contributed by atoms with Crippen LogP contribution in [0.3, 0.4) is 0 Å². The maximum Gasteiger partial charge on any atom is 0.435 e. The maximum atomic E-state index is 12.9. The summed E-state index contributed by atoms with van der Waals surface area (Å²) in [6.07, 6.45) is -4.53. The molecule has 1 fully saturated rings. The Morgan fingerprint density at radius 2 is 2.00 bits per heavy atom. The Labute approximate surface area is 253 Å². The van der Waals surface area contributed by atoms with Crippen LogP contribution in [0.1, 0.15) is 13.2 Å². The van der Waals surface area contributed by atoms with E-state index in [9.17, 15) is 34.9 Å². The number of carbonyl (C=O) groups is 1. The Bertz CT molecular complexity index is 1790. The number of hydrogen-bond acceptors (Lipinski definition) is 13. The number of nitrogens with zero attached hydrogens (tertiary/aromatic N) is 8. The number of azide groups is 1. The van der Waals surface area contributed by atoms with Crippen LogP contribution in [-0.4, -0.2) is 94.1 Å². The zero-order valence-electron chi connectivity index (χ0n) is 23.5. The molecule has 5 rings (SSSR count). The van der Waals surface area contributed by atoms with Crippen LogP contribution in [0.5, 0.6) is 5.75 Å². The molecule has 3 heterocycles. The monoisotopic (exact) mass is 645 g/mol. The van der Waals surface area contributed by atoms with Gasteiger partial charge in [0.1, 0.15) is 24.1 Å². The van der Waals surface area contributed by atoms with Crippen molar-refractivity contribution < 1.29 is 48.4 Å². The molecule has 1 aliphatic rings. The van der Waals surface area contributed by atoms with Crippen LogP contribution in [-0.2, 0) is 23.6 Å². The van der Waals surface area contributed by atoms with Crippen LogP contribution in [0.4, 0.5) is 5.82 Å². The lowest BCUT2D eigenvalue weighted by molar-refractivity contribution is -0.178. The first kappa shape index (κ1) is 32.0. The number of nitrogens with two attached hydrogens (primary N) is 1. The predicted octanol–water partition coefficient (Wildman–Crippen LogP) is 1.16. The van der Waals surface area contributed by atoms with Crippen LogP contribution in [0.25, 0.3) is 32.4 Å². The summed E-state index contributed by atoms with van der Waals surface area (Å²) in [5.41, 5.74) is 13.1. The molecule has 5 atom stereocenters. The Hall–Kier alpha value is -4.42. The molecular weight excluding hydrogens is 617 g/mol. The van der Waals surface area contributed by atoms with Gasteiger partial charge in [0.25, 0.3) is 0 Å². The fraction of sp³-hybridized carbons (Fsp3) is 0.360. The molecule has 6 N–H and O–H groups in total. The van der Waals surface area contributed by atoms with E-state index in [1.807, 2.05) is 0 Å². The van der Waals surface area contributed by atoms with Crippen molar-refractivity contribution in [3.8, 4) is 5.75 Å². The fourth-order valence-corrected chi connectivity index (χ4v) is 5.29. The van der Waals surface area contributed by atoms with Crippen molar-refractivity contribution in [3.05, 3.63) is 65.6 Å².